The number of fused-ring (bicyclic) bond motifs is 1. The second-order valence-corrected chi connectivity index (χ2v) is 9.35. The monoisotopic (exact) mass is 332 g/mol. The Hall–Kier alpha value is -0.960. The van der Waals surface area contributed by atoms with E-state index in [1.807, 2.05) is 20.8 Å². The molecule has 1 aromatic heterocycles. The Kier molecular flexibility index (Phi) is 4.44. The van der Waals surface area contributed by atoms with Crippen molar-refractivity contribution >= 4 is 27.3 Å². The minimum atomic E-state index is -3.80. The summed E-state index contributed by atoms with van der Waals surface area (Å²) in [5.74, 6) is -1.18. The minimum absolute atomic E-state index is 0.0575. The largest absolute Gasteiger partial charge is 0.478 e. The maximum absolute atomic E-state index is 12.4. The average molecular weight is 332 g/mol. The summed E-state index contributed by atoms with van der Waals surface area (Å²) >= 11 is 1.05. The molecule has 3 N–H and O–H groups in total. The first-order valence-electron chi connectivity index (χ1n) is 6.70. The van der Waals surface area contributed by atoms with Gasteiger partial charge < -0.3 is 10.4 Å². The highest BCUT2D eigenvalue weighted by molar-refractivity contribution is 7.91. The van der Waals surface area contributed by atoms with E-state index in [-0.39, 0.29) is 21.7 Å². The molecular formula is C13H20N2O4S2. The molecule has 0 unspecified atom stereocenters. The Bertz CT molecular complexity index is 656. The first-order chi connectivity index (χ1) is 9.62. The molecule has 0 saturated heterocycles. The maximum atomic E-state index is 12.4. The highest BCUT2D eigenvalue weighted by Crippen LogP contribution is 2.34. The smallest absolute Gasteiger partial charge is 0.338 e. The fourth-order valence-corrected chi connectivity index (χ4v) is 5.28. The lowest BCUT2D eigenvalue weighted by Crippen LogP contribution is -2.32. The summed E-state index contributed by atoms with van der Waals surface area (Å²) < 4.78 is 27.3. The molecule has 6 nitrogen and oxygen atoms in total. The van der Waals surface area contributed by atoms with Crippen LogP contribution in [0, 0.1) is 5.41 Å². The summed E-state index contributed by atoms with van der Waals surface area (Å²) in [4.78, 5) is 12.3. The number of aromatic carboxylic acids is 1. The lowest BCUT2D eigenvalue weighted by molar-refractivity contribution is 0.0692. The molecule has 0 spiro atoms. The van der Waals surface area contributed by atoms with Crippen LogP contribution in [0.1, 0.15) is 41.6 Å². The Morgan fingerprint density at radius 3 is 2.67 bits per heavy atom. The summed E-state index contributed by atoms with van der Waals surface area (Å²) in [6, 6.07) is 0. The first-order valence-corrected chi connectivity index (χ1v) is 9.00. The fraction of sp³-hybridized carbons (Fsp3) is 0.615. The van der Waals surface area contributed by atoms with Crippen LogP contribution in [0.2, 0.25) is 0 Å². The molecule has 1 aromatic rings. The molecule has 0 bridgehead atoms. The van der Waals surface area contributed by atoms with E-state index in [0.29, 0.717) is 25.1 Å². The number of carbonyl (C=O) groups is 1. The van der Waals surface area contributed by atoms with E-state index in [9.17, 15) is 18.3 Å². The van der Waals surface area contributed by atoms with Crippen molar-refractivity contribution in [2.24, 2.45) is 5.41 Å². The summed E-state index contributed by atoms with van der Waals surface area (Å²) in [7, 11) is -3.80. The molecule has 0 radical (unpaired) electrons. The van der Waals surface area contributed by atoms with Gasteiger partial charge in [0.1, 0.15) is 4.21 Å². The highest BCUT2D eigenvalue weighted by Gasteiger charge is 2.32. The van der Waals surface area contributed by atoms with Gasteiger partial charge in [-0.15, -0.1) is 11.3 Å². The molecule has 0 aliphatic carbocycles. The third kappa shape index (κ3) is 3.63. The van der Waals surface area contributed by atoms with Gasteiger partial charge in [-0.25, -0.2) is 17.9 Å². The van der Waals surface area contributed by atoms with E-state index in [4.69, 9.17) is 0 Å². The molecule has 1 aliphatic heterocycles. The predicted octanol–water partition coefficient (Wildman–Crippen LogP) is 1.42. The molecule has 21 heavy (non-hydrogen) atoms. The second kappa shape index (κ2) is 5.68. The van der Waals surface area contributed by atoms with Crippen molar-refractivity contribution < 1.29 is 18.3 Å². The Labute approximate surface area is 128 Å². The van der Waals surface area contributed by atoms with Gasteiger partial charge in [0, 0.05) is 18.0 Å². The zero-order valence-corrected chi connectivity index (χ0v) is 13.9. The molecule has 2 rings (SSSR count). The second-order valence-electron chi connectivity index (χ2n) is 6.28. The van der Waals surface area contributed by atoms with Crippen LogP contribution in [-0.2, 0) is 23.0 Å². The van der Waals surface area contributed by atoms with E-state index in [1.54, 1.807) is 0 Å². The summed E-state index contributed by atoms with van der Waals surface area (Å²) in [5, 5.41) is 12.5. The van der Waals surface area contributed by atoms with Crippen molar-refractivity contribution in [1.82, 2.24) is 10.0 Å². The SMILES string of the molecule is CC(C)(C)CNS(=O)(=O)c1sc2c(c1C(=O)O)CCNC2. The van der Waals surface area contributed by atoms with E-state index in [2.05, 4.69) is 10.0 Å². The molecule has 8 heteroatoms. The number of thiophene rings is 1. The summed E-state index contributed by atoms with van der Waals surface area (Å²) in [6.07, 6.45) is 0.544. The van der Waals surface area contributed by atoms with Crippen molar-refractivity contribution in [2.45, 2.75) is 37.9 Å². The van der Waals surface area contributed by atoms with Gasteiger partial charge in [0.25, 0.3) is 10.0 Å². The minimum Gasteiger partial charge on any atom is -0.478 e. The quantitative estimate of drug-likeness (QED) is 0.775. The van der Waals surface area contributed by atoms with Crippen LogP contribution in [0.4, 0.5) is 0 Å². The number of rotatable bonds is 4. The van der Waals surface area contributed by atoms with E-state index in [0.717, 1.165) is 16.2 Å². The standard InChI is InChI=1S/C13H20N2O4S2/c1-13(2,3)7-15-21(18,19)12-10(11(16)17)8-4-5-14-6-9(8)20-12/h14-15H,4-7H2,1-3H3,(H,16,17). The number of sulfonamides is 1. The fourth-order valence-electron chi connectivity index (χ4n) is 2.09. The maximum Gasteiger partial charge on any atom is 0.338 e. The topological polar surface area (TPSA) is 95.5 Å². The van der Waals surface area contributed by atoms with Crippen LogP contribution in [-0.4, -0.2) is 32.6 Å². The molecule has 1 aliphatic rings. The number of carboxylic acids is 1. The van der Waals surface area contributed by atoms with Gasteiger partial charge in [-0.3, -0.25) is 0 Å². The van der Waals surface area contributed by atoms with Crippen molar-refractivity contribution in [3.8, 4) is 0 Å². The van der Waals surface area contributed by atoms with Gasteiger partial charge >= 0.3 is 5.97 Å². The van der Waals surface area contributed by atoms with E-state index >= 15 is 0 Å². The number of nitrogens with one attached hydrogen (secondary N) is 2. The Morgan fingerprint density at radius 2 is 2.10 bits per heavy atom. The highest BCUT2D eigenvalue weighted by atomic mass is 32.2. The summed E-state index contributed by atoms with van der Waals surface area (Å²) in [6.45, 7) is 7.19. The van der Waals surface area contributed by atoms with Crippen LogP contribution in [0.25, 0.3) is 0 Å². The van der Waals surface area contributed by atoms with Crippen molar-refractivity contribution in [1.29, 1.82) is 0 Å². The van der Waals surface area contributed by atoms with Crippen LogP contribution >= 0.6 is 11.3 Å². The third-order valence-electron chi connectivity index (χ3n) is 3.15. The third-order valence-corrected chi connectivity index (χ3v) is 6.30. The number of hydrogen-bond acceptors (Lipinski definition) is 5. The normalized spacial score (nSPS) is 15.8. The van der Waals surface area contributed by atoms with Gasteiger partial charge in [-0.05, 0) is 23.9 Å². The molecule has 0 atom stereocenters. The van der Waals surface area contributed by atoms with Gasteiger partial charge in [-0.1, -0.05) is 20.8 Å². The molecule has 0 amide bonds. The Balaban J connectivity index is 2.43. The predicted molar refractivity (Wildman–Crippen MR) is 81.3 cm³/mol. The van der Waals surface area contributed by atoms with Crippen LogP contribution in [0.5, 0.6) is 0 Å². The van der Waals surface area contributed by atoms with E-state index < -0.39 is 16.0 Å². The Morgan fingerprint density at radius 1 is 1.43 bits per heavy atom. The van der Waals surface area contributed by atoms with Crippen molar-refractivity contribution in [3.63, 3.8) is 0 Å². The molecule has 0 saturated carbocycles. The van der Waals surface area contributed by atoms with Gasteiger partial charge in [0.05, 0.1) is 5.56 Å². The van der Waals surface area contributed by atoms with Gasteiger partial charge in [0.15, 0.2) is 0 Å². The average Bonchev–Trinajstić information content (AvgIpc) is 2.76. The van der Waals surface area contributed by atoms with Crippen LogP contribution < -0.4 is 10.0 Å². The lowest BCUT2D eigenvalue weighted by Gasteiger charge is -2.18. The first kappa shape index (κ1) is 16.4. The van der Waals surface area contributed by atoms with Crippen molar-refractivity contribution in [2.75, 3.05) is 13.1 Å². The zero-order valence-electron chi connectivity index (χ0n) is 12.3. The molecule has 118 valence electrons. The van der Waals surface area contributed by atoms with Gasteiger partial charge in [-0.2, -0.15) is 0 Å². The molecule has 0 aromatic carbocycles. The van der Waals surface area contributed by atoms with Gasteiger partial charge in [0.2, 0.25) is 0 Å². The molecule has 2 heterocycles. The van der Waals surface area contributed by atoms with E-state index in [1.165, 1.54) is 0 Å². The number of carboxylic acid groups (broad SMARTS) is 1. The molecule has 0 fully saturated rings. The van der Waals surface area contributed by atoms with Crippen LogP contribution in [0.15, 0.2) is 4.21 Å². The number of hydrogen-bond donors (Lipinski definition) is 3. The van der Waals surface area contributed by atoms with Crippen LogP contribution in [0.3, 0.4) is 0 Å². The van der Waals surface area contributed by atoms with Crippen molar-refractivity contribution in [3.05, 3.63) is 16.0 Å². The zero-order chi connectivity index (χ0) is 15.8. The summed E-state index contributed by atoms with van der Waals surface area (Å²) in [5.41, 5.74) is 0.384. The lowest BCUT2D eigenvalue weighted by atomic mass is 9.98. The molecular weight excluding hydrogens is 312 g/mol.